The summed E-state index contributed by atoms with van der Waals surface area (Å²) in [6.07, 6.45) is 8.11. The van der Waals surface area contributed by atoms with Gasteiger partial charge in [0.05, 0.1) is 18.4 Å². The molecule has 0 spiro atoms. The Hall–Kier alpha value is -0.650. The molecule has 4 nitrogen and oxygen atoms in total. The van der Waals surface area contributed by atoms with E-state index in [1.165, 1.54) is 6.42 Å². The number of rotatable bonds is 4. The van der Waals surface area contributed by atoms with Crippen molar-refractivity contribution >= 4 is 11.8 Å². The van der Waals surface area contributed by atoms with Crippen LogP contribution in [0.4, 0.5) is 0 Å². The highest BCUT2D eigenvalue weighted by atomic mass is 32.2. The van der Waals surface area contributed by atoms with Crippen LogP contribution >= 0.6 is 11.8 Å². The lowest BCUT2D eigenvalue weighted by Gasteiger charge is -2.23. The fraction of sp³-hybridized carbons (Fsp3) is 0.636. The van der Waals surface area contributed by atoms with Crippen molar-refractivity contribution in [1.29, 1.82) is 0 Å². The van der Waals surface area contributed by atoms with Crippen LogP contribution in [-0.2, 0) is 11.3 Å². The molecule has 0 unspecified atom stereocenters. The molecule has 2 heterocycles. The van der Waals surface area contributed by atoms with Crippen LogP contribution < -0.4 is 5.32 Å². The van der Waals surface area contributed by atoms with E-state index in [4.69, 9.17) is 4.74 Å². The summed E-state index contributed by atoms with van der Waals surface area (Å²) in [5.74, 6) is 0. The van der Waals surface area contributed by atoms with Crippen LogP contribution in [0, 0.1) is 0 Å². The number of piperidine rings is 1. The number of thioether (sulfide) groups is 1. The molecule has 16 heavy (non-hydrogen) atoms. The van der Waals surface area contributed by atoms with Gasteiger partial charge in [-0.15, -0.1) is 11.8 Å². The van der Waals surface area contributed by atoms with E-state index in [1.54, 1.807) is 24.2 Å². The highest BCUT2D eigenvalue weighted by Gasteiger charge is 2.14. The monoisotopic (exact) mass is 239 g/mol. The van der Waals surface area contributed by atoms with Gasteiger partial charge in [-0.2, -0.15) is 0 Å². The first-order valence-electron chi connectivity index (χ1n) is 5.56. The Morgan fingerprint density at radius 2 is 2.38 bits per heavy atom. The zero-order valence-electron chi connectivity index (χ0n) is 9.48. The molecule has 1 aliphatic heterocycles. The van der Waals surface area contributed by atoms with Crippen LogP contribution in [0.1, 0.15) is 18.5 Å². The summed E-state index contributed by atoms with van der Waals surface area (Å²) in [5, 5.41) is 4.30. The molecular formula is C11H17N3OS. The van der Waals surface area contributed by atoms with Gasteiger partial charge < -0.3 is 10.1 Å². The number of hydrogen-bond donors (Lipinski definition) is 1. The molecule has 1 aromatic heterocycles. The third-order valence-electron chi connectivity index (χ3n) is 2.64. The molecule has 0 bridgehead atoms. The fourth-order valence-electron chi connectivity index (χ4n) is 1.78. The van der Waals surface area contributed by atoms with Gasteiger partial charge in [0, 0.05) is 18.9 Å². The van der Waals surface area contributed by atoms with Crippen molar-refractivity contribution in [3.05, 3.63) is 18.1 Å². The number of nitrogens with zero attached hydrogens (tertiary/aromatic N) is 2. The van der Waals surface area contributed by atoms with E-state index >= 15 is 0 Å². The smallest absolute Gasteiger partial charge is 0.120 e. The van der Waals surface area contributed by atoms with Crippen molar-refractivity contribution in [3.63, 3.8) is 0 Å². The summed E-state index contributed by atoms with van der Waals surface area (Å²) >= 11 is 1.61. The Morgan fingerprint density at radius 1 is 1.50 bits per heavy atom. The molecule has 1 N–H and O–H groups in total. The number of aromatic nitrogens is 2. The second-order valence-electron chi connectivity index (χ2n) is 3.79. The molecular weight excluding hydrogens is 222 g/mol. The minimum atomic E-state index is 0.325. The Labute approximate surface area is 100 Å². The number of ether oxygens (including phenoxy) is 1. The second-order valence-corrected chi connectivity index (χ2v) is 4.59. The predicted molar refractivity (Wildman–Crippen MR) is 64.5 cm³/mol. The van der Waals surface area contributed by atoms with Crippen molar-refractivity contribution in [2.75, 3.05) is 19.3 Å². The predicted octanol–water partition coefficient (Wildman–Crippen LogP) is 1.47. The second kappa shape index (κ2) is 6.18. The summed E-state index contributed by atoms with van der Waals surface area (Å²) < 4.78 is 5.83. The van der Waals surface area contributed by atoms with E-state index in [2.05, 4.69) is 15.3 Å². The lowest BCUT2D eigenvalue weighted by atomic mass is 10.1. The zero-order chi connectivity index (χ0) is 11.2. The van der Waals surface area contributed by atoms with E-state index in [0.29, 0.717) is 12.7 Å². The molecule has 0 radical (unpaired) electrons. The van der Waals surface area contributed by atoms with Crippen molar-refractivity contribution in [1.82, 2.24) is 15.3 Å². The largest absolute Gasteiger partial charge is 0.370 e. The zero-order valence-corrected chi connectivity index (χ0v) is 10.3. The van der Waals surface area contributed by atoms with Crippen molar-refractivity contribution in [3.8, 4) is 0 Å². The van der Waals surface area contributed by atoms with E-state index in [9.17, 15) is 0 Å². The molecule has 0 saturated carbocycles. The Bertz CT molecular complexity index is 329. The van der Waals surface area contributed by atoms with E-state index in [0.717, 1.165) is 30.2 Å². The minimum Gasteiger partial charge on any atom is -0.370 e. The van der Waals surface area contributed by atoms with Gasteiger partial charge in [0.1, 0.15) is 5.03 Å². The lowest BCUT2D eigenvalue weighted by Crippen LogP contribution is -2.35. The minimum absolute atomic E-state index is 0.325. The maximum Gasteiger partial charge on any atom is 0.120 e. The average molecular weight is 239 g/mol. The van der Waals surface area contributed by atoms with Gasteiger partial charge in [-0.3, -0.25) is 4.98 Å². The van der Waals surface area contributed by atoms with Crippen LogP contribution in [0.25, 0.3) is 0 Å². The van der Waals surface area contributed by atoms with Crippen LogP contribution in [0.2, 0.25) is 0 Å². The summed E-state index contributed by atoms with van der Waals surface area (Å²) in [7, 11) is 0. The first kappa shape index (κ1) is 11.8. The lowest BCUT2D eigenvalue weighted by molar-refractivity contribution is 0.0222. The van der Waals surface area contributed by atoms with Crippen LogP contribution in [-0.4, -0.2) is 35.4 Å². The molecule has 1 saturated heterocycles. The molecule has 0 amide bonds. The van der Waals surface area contributed by atoms with Gasteiger partial charge >= 0.3 is 0 Å². The quantitative estimate of drug-likeness (QED) is 0.806. The summed E-state index contributed by atoms with van der Waals surface area (Å²) in [6.45, 7) is 2.63. The highest BCUT2D eigenvalue weighted by Crippen LogP contribution is 2.17. The van der Waals surface area contributed by atoms with Crippen LogP contribution in [0.3, 0.4) is 0 Å². The average Bonchev–Trinajstić information content (AvgIpc) is 2.38. The van der Waals surface area contributed by atoms with Gasteiger partial charge in [-0.25, -0.2) is 4.98 Å². The molecule has 1 aromatic rings. The van der Waals surface area contributed by atoms with Gasteiger partial charge in [0.2, 0.25) is 0 Å². The van der Waals surface area contributed by atoms with Gasteiger partial charge in [-0.05, 0) is 25.6 Å². The molecule has 88 valence electrons. The first-order chi connectivity index (χ1) is 7.90. The molecule has 1 aliphatic rings. The molecule has 5 heteroatoms. The topological polar surface area (TPSA) is 47.0 Å². The van der Waals surface area contributed by atoms with E-state index < -0.39 is 0 Å². The number of nitrogens with one attached hydrogen (secondary N) is 1. The molecule has 1 atom stereocenters. The Balaban J connectivity index is 1.88. The molecule has 2 rings (SSSR count). The number of hydrogen-bond acceptors (Lipinski definition) is 5. The van der Waals surface area contributed by atoms with Crippen molar-refractivity contribution < 1.29 is 4.74 Å². The summed E-state index contributed by atoms with van der Waals surface area (Å²) in [4.78, 5) is 8.57. The standard InChI is InChI=1S/C11H17N3OS/c1-16-11-10(13-5-6-14-11)8-15-9-3-2-4-12-7-9/h5-6,9,12H,2-4,7-8H2,1H3/t9-/m1/s1. The van der Waals surface area contributed by atoms with Crippen molar-refractivity contribution in [2.24, 2.45) is 0 Å². The van der Waals surface area contributed by atoms with Crippen LogP contribution in [0.5, 0.6) is 0 Å². The van der Waals surface area contributed by atoms with E-state index in [-0.39, 0.29) is 0 Å². The summed E-state index contributed by atoms with van der Waals surface area (Å²) in [6, 6.07) is 0. The third-order valence-corrected chi connectivity index (χ3v) is 3.36. The van der Waals surface area contributed by atoms with E-state index in [1.807, 2.05) is 6.26 Å². The fourth-order valence-corrected chi connectivity index (χ4v) is 2.30. The van der Waals surface area contributed by atoms with Gasteiger partial charge in [0.15, 0.2) is 0 Å². The third kappa shape index (κ3) is 3.17. The highest BCUT2D eigenvalue weighted by molar-refractivity contribution is 7.98. The summed E-state index contributed by atoms with van der Waals surface area (Å²) in [5.41, 5.74) is 0.945. The van der Waals surface area contributed by atoms with Crippen molar-refractivity contribution in [2.45, 2.75) is 30.6 Å². The SMILES string of the molecule is CSc1nccnc1CO[C@@H]1CCCNC1. The molecule has 0 aliphatic carbocycles. The first-order valence-corrected chi connectivity index (χ1v) is 6.79. The van der Waals surface area contributed by atoms with Crippen LogP contribution in [0.15, 0.2) is 17.4 Å². The Morgan fingerprint density at radius 3 is 3.12 bits per heavy atom. The van der Waals surface area contributed by atoms with Gasteiger partial charge in [-0.1, -0.05) is 0 Å². The molecule has 0 aromatic carbocycles. The Kier molecular flexibility index (Phi) is 4.56. The molecule has 1 fully saturated rings. The van der Waals surface area contributed by atoms with Gasteiger partial charge in [0.25, 0.3) is 0 Å². The maximum atomic E-state index is 5.83. The normalized spacial score (nSPS) is 20.9. The maximum absolute atomic E-state index is 5.83.